The topological polar surface area (TPSA) is 116 Å². The maximum absolute atomic E-state index is 12.6. The van der Waals surface area contributed by atoms with Crippen molar-refractivity contribution in [3.05, 3.63) is 23.8 Å². The zero-order chi connectivity index (χ0) is 19.4. The number of carbonyl (C=O) groups excluding carboxylic acids is 2. The van der Waals surface area contributed by atoms with Gasteiger partial charge in [-0.05, 0) is 54.3 Å². The normalized spacial score (nSPS) is 17.0. The molecule has 0 spiro atoms. The highest BCUT2D eigenvalue weighted by molar-refractivity contribution is 7.99. The van der Waals surface area contributed by atoms with Crippen LogP contribution in [-0.4, -0.2) is 62.4 Å². The summed E-state index contributed by atoms with van der Waals surface area (Å²) in [7, 11) is 1.58. The maximum Gasteiger partial charge on any atom is 0.240 e. The lowest BCUT2D eigenvalue weighted by Crippen LogP contribution is -2.51. The standard InChI is InChI=1S/C17H22N6O3S/c1-11-6-7-14(26-2)13(9-11)23-17(19-20-21-23)27-10-15(24)22-8-4-3-5-12(22)16(18)25/h6-7,9,12H,3-5,8,10H2,1-2H3,(H2,18,25)/t12-/m1/s1. The number of thioether (sulfide) groups is 1. The Kier molecular flexibility index (Phi) is 5.94. The van der Waals surface area contributed by atoms with Gasteiger partial charge in [0.05, 0.1) is 12.9 Å². The first-order valence-electron chi connectivity index (χ1n) is 8.66. The molecule has 0 bridgehead atoms. The molecule has 1 aliphatic heterocycles. The molecule has 27 heavy (non-hydrogen) atoms. The largest absolute Gasteiger partial charge is 0.494 e. The average Bonchev–Trinajstić information content (AvgIpc) is 3.14. The van der Waals surface area contributed by atoms with E-state index in [-0.39, 0.29) is 11.7 Å². The molecule has 1 aromatic heterocycles. The van der Waals surface area contributed by atoms with Crippen molar-refractivity contribution in [3.8, 4) is 11.4 Å². The van der Waals surface area contributed by atoms with Crippen molar-refractivity contribution in [1.82, 2.24) is 25.1 Å². The highest BCUT2D eigenvalue weighted by Gasteiger charge is 2.30. The molecular weight excluding hydrogens is 368 g/mol. The second-order valence-electron chi connectivity index (χ2n) is 6.34. The van der Waals surface area contributed by atoms with Gasteiger partial charge in [0.1, 0.15) is 17.5 Å². The second kappa shape index (κ2) is 8.38. The first-order chi connectivity index (χ1) is 13.0. The van der Waals surface area contributed by atoms with Crippen LogP contribution in [0.25, 0.3) is 5.69 Å². The molecule has 1 aliphatic rings. The number of rotatable bonds is 6. The van der Waals surface area contributed by atoms with Crippen molar-refractivity contribution < 1.29 is 14.3 Å². The fourth-order valence-corrected chi connectivity index (χ4v) is 3.89. The average molecular weight is 390 g/mol. The molecule has 1 atom stereocenters. The van der Waals surface area contributed by atoms with Crippen LogP contribution in [0, 0.1) is 6.92 Å². The van der Waals surface area contributed by atoms with Crippen molar-refractivity contribution in [2.24, 2.45) is 5.73 Å². The van der Waals surface area contributed by atoms with E-state index in [1.165, 1.54) is 11.8 Å². The Hall–Kier alpha value is -2.62. The van der Waals surface area contributed by atoms with Crippen molar-refractivity contribution in [1.29, 1.82) is 0 Å². The predicted molar refractivity (Wildman–Crippen MR) is 99.7 cm³/mol. The van der Waals surface area contributed by atoms with Gasteiger partial charge in [0.15, 0.2) is 0 Å². The summed E-state index contributed by atoms with van der Waals surface area (Å²) in [4.78, 5) is 25.8. The van der Waals surface area contributed by atoms with Crippen LogP contribution in [0.15, 0.2) is 23.4 Å². The smallest absolute Gasteiger partial charge is 0.240 e. The molecule has 10 heteroatoms. The summed E-state index contributed by atoms with van der Waals surface area (Å²) in [6.45, 7) is 2.51. The van der Waals surface area contributed by atoms with Gasteiger partial charge < -0.3 is 15.4 Å². The molecule has 3 rings (SSSR count). The number of piperidine rings is 1. The Bertz CT molecular complexity index is 840. The number of ether oxygens (including phenoxy) is 1. The van der Waals surface area contributed by atoms with E-state index >= 15 is 0 Å². The maximum atomic E-state index is 12.6. The van der Waals surface area contributed by atoms with Gasteiger partial charge in [-0.3, -0.25) is 9.59 Å². The molecule has 144 valence electrons. The van der Waals surface area contributed by atoms with E-state index in [0.29, 0.717) is 29.6 Å². The van der Waals surface area contributed by atoms with Crippen LogP contribution in [0.4, 0.5) is 0 Å². The Morgan fingerprint density at radius 2 is 2.19 bits per heavy atom. The molecule has 2 heterocycles. The van der Waals surface area contributed by atoms with E-state index in [4.69, 9.17) is 10.5 Å². The van der Waals surface area contributed by atoms with Crippen LogP contribution in [0.1, 0.15) is 24.8 Å². The Balaban J connectivity index is 1.75. The number of hydrogen-bond donors (Lipinski definition) is 1. The van der Waals surface area contributed by atoms with E-state index in [2.05, 4.69) is 15.5 Å². The van der Waals surface area contributed by atoms with E-state index in [9.17, 15) is 9.59 Å². The number of aryl methyl sites for hydroxylation is 1. The lowest BCUT2D eigenvalue weighted by atomic mass is 10.0. The van der Waals surface area contributed by atoms with Crippen LogP contribution in [-0.2, 0) is 9.59 Å². The number of tetrazole rings is 1. The molecule has 1 aromatic carbocycles. The minimum atomic E-state index is -0.528. The van der Waals surface area contributed by atoms with Crippen molar-refractivity contribution in [2.75, 3.05) is 19.4 Å². The quantitative estimate of drug-likeness (QED) is 0.730. The molecule has 1 fully saturated rings. The number of benzene rings is 1. The van der Waals surface area contributed by atoms with Crippen molar-refractivity contribution in [3.63, 3.8) is 0 Å². The van der Waals surface area contributed by atoms with Crippen LogP contribution in [0.5, 0.6) is 5.75 Å². The van der Waals surface area contributed by atoms with E-state index in [1.807, 2.05) is 25.1 Å². The van der Waals surface area contributed by atoms with E-state index < -0.39 is 11.9 Å². The Morgan fingerprint density at radius 3 is 2.93 bits per heavy atom. The van der Waals surface area contributed by atoms with Gasteiger partial charge in [0, 0.05) is 6.54 Å². The first-order valence-corrected chi connectivity index (χ1v) is 9.65. The summed E-state index contributed by atoms with van der Waals surface area (Å²) < 4.78 is 6.94. The fourth-order valence-electron chi connectivity index (χ4n) is 3.12. The molecule has 9 nitrogen and oxygen atoms in total. The molecule has 0 saturated carbocycles. The Morgan fingerprint density at radius 1 is 1.37 bits per heavy atom. The van der Waals surface area contributed by atoms with Gasteiger partial charge >= 0.3 is 0 Å². The zero-order valence-electron chi connectivity index (χ0n) is 15.3. The number of hydrogen-bond acceptors (Lipinski definition) is 7. The highest BCUT2D eigenvalue weighted by atomic mass is 32.2. The van der Waals surface area contributed by atoms with E-state index in [0.717, 1.165) is 18.4 Å². The Labute approximate surface area is 161 Å². The van der Waals surface area contributed by atoms with Crippen LogP contribution >= 0.6 is 11.8 Å². The number of nitrogens with two attached hydrogens (primary N) is 1. The molecule has 0 aliphatic carbocycles. The third kappa shape index (κ3) is 4.21. The van der Waals surface area contributed by atoms with Gasteiger partial charge in [0.25, 0.3) is 0 Å². The molecule has 2 amide bonds. The molecule has 1 saturated heterocycles. The summed E-state index contributed by atoms with van der Waals surface area (Å²) in [6, 6.07) is 5.16. The number of amides is 2. The monoisotopic (exact) mass is 390 g/mol. The number of likely N-dealkylation sites (tertiary alicyclic amines) is 1. The van der Waals surface area contributed by atoms with Crippen molar-refractivity contribution in [2.45, 2.75) is 37.4 Å². The van der Waals surface area contributed by atoms with Crippen molar-refractivity contribution >= 4 is 23.6 Å². The molecule has 2 aromatic rings. The van der Waals surface area contributed by atoms with Crippen LogP contribution < -0.4 is 10.5 Å². The molecule has 0 radical (unpaired) electrons. The number of nitrogens with zero attached hydrogens (tertiary/aromatic N) is 5. The van der Waals surface area contributed by atoms with Crippen LogP contribution in [0.2, 0.25) is 0 Å². The lowest BCUT2D eigenvalue weighted by molar-refractivity contribution is -0.138. The van der Waals surface area contributed by atoms with Crippen LogP contribution in [0.3, 0.4) is 0 Å². The predicted octanol–water partition coefficient (Wildman–Crippen LogP) is 0.938. The summed E-state index contributed by atoms with van der Waals surface area (Å²) in [6.07, 6.45) is 2.39. The summed E-state index contributed by atoms with van der Waals surface area (Å²) in [5, 5.41) is 12.2. The second-order valence-corrected chi connectivity index (χ2v) is 7.28. The summed E-state index contributed by atoms with van der Waals surface area (Å²) >= 11 is 1.22. The SMILES string of the molecule is COc1ccc(C)cc1-n1nnnc1SCC(=O)N1CCCC[C@@H]1C(N)=O. The van der Waals surface area contributed by atoms with E-state index in [1.54, 1.807) is 16.7 Å². The molecular formula is C17H22N6O3S. The first kappa shape index (κ1) is 19.2. The summed E-state index contributed by atoms with van der Waals surface area (Å²) in [5.74, 6) is 0.153. The number of methoxy groups -OCH3 is 1. The fraction of sp³-hybridized carbons (Fsp3) is 0.471. The lowest BCUT2D eigenvalue weighted by Gasteiger charge is -2.33. The minimum Gasteiger partial charge on any atom is -0.494 e. The number of primary amides is 1. The summed E-state index contributed by atoms with van der Waals surface area (Å²) in [5.41, 5.74) is 7.18. The van der Waals surface area contributed by atoms with Gasteiger partial charge in [-0.15, -0.1) is 5.10 Å². The van der Waals surface area contributed by atoms with Gasteiger partial charge in [-0.2, -0.15) is 4.68 Å². The minimum absolute atomic E-state index is 0.123. The number of aromatic nitrogens is 4. The highest BCUT2D eigenvalue weighted by Crippen LogP contribution is 2.27. The molecule has 2 N–H and O–H groups in total. The van der Waals surface area contributed by atoms with Gasteiger partial charge in [-0.25, -0.2) is 0 Å². The third-order valence-corrected chi connectivity index (χ3v) is 5.38. The van der Waals surface area contributed by atoms with Gasteiger partial charge in [-0.1, -0.05) is 17.8 Å². The van der Waals surface area contributed by atoms with Gasteiger partial charge in [0.2, 0.25) is 17.0 Å². The third-order valence-electron chi connectivity index (χ3n) is 4.48. The molecule has 0 unspecified atom stereocenters. The number of carbonyl (C=O) groups is 2. The zero-order valence-corrected chi connectivity index (χ0v) is 16.1.